The number of amides is 2. The van der Waals surface area contributed by atoms with Crippen LogP contribution in [0.15, 0.2) is 42.5 Å². The minimum Gasteiger partial charge on any atom is -0.497 e. The van der Waals surface area contributed by atoms with Crippen LogP contribution in [0.25, 0.3) is 0 Å². The van der Waals surface area contributed by atoms with Gasteiger partial charge in [-0.1, -0.05) is 12.1 Å². The lowest BCUT2D eigenvalue weighted by Crippen LogP contribution is -2.66. The van der Waals surface area contributed by atoms with Gasteiger partial charge in [0.25, 0.3) is 5.91 Å². The third kappa shape index (κ3) is 3.52. The predicted octanol–water partition coefficient (Wildman–Crippen LogP) is 3.41. The zero-order valence-electron chi connectivity index (χ0n) is 17.3. The largest absolute Gasteiger partial charge is 0.497 e. The first-order valence-corrected chi connectivity index (χ1v) is 10.7. The number of nitrogens with one attached hydrogen (secondary N) is 2. The van der Waals surface area contributed by atoms with Crippen LogP contribution in [0.3, 0.4) is 0 Å². The average Bonchev–Trinajstić information content (AvgIpc) is 2.77. The molecular formula is C24H25FN2O4. The summed E-state index contributed by atoms with van der Waals surface area (Å²) >= 11 is 0. The Kier molecular flexibility index (Phi) is 4.84. The molecule has 31 heavy (non-hydrogen) atoms. The summed E-state index contributed by atoms with van der Waals surface area (Å²) in [5.41, 5.74) is 0.454. The fourth-order valence-corrected chi connectivity index (χ4v) is 5.41. The van der Waals surface area contributed by atoms with Crippen molar-refractivity contribution >= 4 is 11.8 Å². The third-order valence-electron chi connectivity index (χ3n) is 6.96. The highest BCUT2D eigenvalue weighted by atomic mass is 19.1. The fourth-order valence-electron chi connectivity index (χ4n) is 5.41. The highest BCUT2D eigenvalue weighted by Gasteiger charge is 2.57. The molecule has 162 valence electrons. The zero-order valence-corrected chi connectivity index (χ0v) is 17.3. The van der Waals surface area contributed by atoms with Crippen molar-refractivity contribution in [2.75, 3.05) is 7.11 Å². The number of hydrogen-bond acceptors (Lipinski definition) is 4. The molecule has 0 aromatic heterocycles. The van der Waals surface area contributed by atoms with Crippen LogP contribution >= 0.6 is 0 Å². The quantitative estimate of drug-likeness (QED) is 0.789. The number of ether oxygens (including phenoxy) is 2. The fraction of sp³-hybridized carbons (Fsp3) is 0.417. The molecule has 6 rings (SSSR count). The maximum Gasteiger partial charge on any atom is 0.258 e. The number of halogens is 1. The van der Waals surface area contributed by atoms with E-state index in [1.807, 2.05) is 0 Å². The molecule has 7 heteroatoms. The molecule has 2 aromatic carbocycles. The Hall–Kier alpha value is -3.09. The standard InChI is InChI=1S/C24H25FN2O4/c1-30-18-7-8-19-21(11-18)31-24(27-23(19)29)12-15-5-6-16(24)10-20(15)22(28)26-13-14-3-2-4-17(25)9-14/h2-4,7-9,11,15-16,20H,5-6,10,12-13H2,1H3,(H,26,28)(H,27,29). The molecular weight excluding hydrogens is 399 g/mol. The van der Waals surface area contributed by atoms with E-state index < -0.39 is 5.72 Å². The van der Waals surface area contributed by atoms with Crippen molar-refractivity contribution in [2.45, 2.75) is 38.0 Å². The summed E-state index contributed by atoms with van der Waals surface area (Å²) in [7, 11) is 1.58. The van der Waals surface area contributed by atoms with Gasteiger partial charge in [0, 0.05) is 30.9 Å². The van der Waals surface area contributed by atoms with E-state index >= 15 is 0 Å². The summed E-state index contributed by atoms with van der Waals surface area (Å²) in [6.07, 6.45) is 3.07. The molecule has 6 nitrogen and oxygen atoms in total. The molecule has 3 saturated carbocycles. The Balaban J connectivity index is 1.30. The van der Waals surface area contributed by atoms with Crippen LogP contribution in [0.4, 0.5) is 4.39 Å². The average molecular weight is 424 g/mol. The van der Waals surface area contributed by atoms with Gasteiger partial charge < -0.3 is 20.1 Å². The molecule has 4 aliphatic rings. The Bertz CT molecular complexity index is 1040. The van der Waals surface area contributed by atoms with Gasteiger partial charge in [0.05, 0.1) is 12.7 Å². The maximum atomic E-state index is 13.4. The van der Waals surface area contributed by atoms with Gasteiger partial charge in [-0.25, -0.2) is 4.39 Å². The lowest BCUT2D eigenvalue weighted by atomic mass is 9.60. The molecule has 4 unspecified atom stereocenters. The Labute approximate surface area is 180 Å². The van der Waals surface area contributed by atoms with Crippen LogP contribution in [0.2, 0.25) is 0 Å². The summed E-state index contributed by atoms with van der Waals surface area (Å²) in [5.74, 6) is 0.719. The Morgan fingerprint density at radius 2 is 2.16 bits per heavy atom. The number of hydrogen-bond donors (Lipinski definition) is 2. The van der Waals surface area contributed by atoms with Crippen molar-refractivity contribution in [3.05, 3.63) is 59.4 Å². The predicted molar refractivity (Wildman–Crippen MR) is 111 cm³/mol. The second-order valence-corrected chi connectivity index (χ2v) is 8.74. The minimum atomic E-state index is -0.779. The van der Waals surface area contributed by atoms with Gasteiger partial charge >= 0.3 is 0 Å². The summed E-state index contributed by atoms with van der Waals surface area (Å²) in [5, 5.41) is 6.07. The molecule has 1 aliphatic heterocycles. The molecule has 0 radical (unpaired) electrons. The van der Waals surface area contributed by atoms with Crippen LogP contribution in [-0.4, -0.2) is 24.6 Å². The number of methoxy groups -OCH3 is 1. The highest BCUT2D eigenvalue weighted by Crippen LogP contribution is 2.52. The van der Waals surface area contributed by atoms with Crippen molar-refractivity contribution in [3.8, 4) is 11.5 Å². The van der Waals surface area contributed by atoms with Gasteiger partial charge in [-0.15, -0.1) is 0 Å². The SMILES string of the molecule is COc1ccc2c(c1)OC1(CC3CCC1CC3C(=O)NCc1cccc(F)c1)NC2=O. The zero-order chi connectivity index (χ0) is 21.6. The van der Waals surface area contributed by atoms with Gasteiger partial charge in [-0.05, 0) is 55.0 Å². The monoisotopic (exact) mass is 424 g/mol. The molecule has 1 heterocycles. The number of carbonyl (C=O) groups excluding carboxylic acids is 2. The summed E-state index contributed by atoms with van der Waals surface area (Å²) in [4.78, 5) is 25.7. The van der Waals surface area contributed by atoms with Crippen molar-refractivity contribution in [2.24, 2.45) is 17.8 Å². The summed E-state index contributed by atoms with van der Waals surface area (Å²) in [6.45, 7) is 0.302. The van der Waals surface area contributed by atoms with E-state index in [2.05, 4.69) is 10.6 Å². The van der Waals surface area contributed by atoms with Crippen molar-refractivity contribution in [3.63, 3.8) is 0 Å². The van der Waals surface area contributed by atoms with Crippen molar-refractivity contribution < 1.29 is 23.5 Å². The first-order chi connectivity index (χ1) is 15.0. The second kappa shape index (κ2) is 7.55. The van der Waals surface area contributed by atoms with Gasteiger partial charge in [-0.2, -0.15) is 0 Å². The topological polar surface area (TPSA) is 76.7 Å². The smallest absolute Gasteiger partial charge is 0.258 e. The molecule has 3 fully saturated rings. The Morgan fingerprint density at radius 1 is 1.29 bits per heavy atom. The van der Waals surface area contributed by atoms with Gasteiger partial charge in [0.2, 0.25) is 5.91 Å². The second-order valence-electron chi connectivity index (χ2n) is 8.74. The number of benzene rings is 2. The van der Waals surface area contributed by atoms with Crippen LogP contribution in [0.1, 0.15) is 41.6 Å². The van der Waals surface area contributed by atoms with Crippen LogP contribution < -0.4 is 20.1 Å². The minimum absolute atomic E-state index is 0.0157. The summed E-state index contributed by atoms with van der Waals surface area (Å²) < 4.78 is 25.1. The van der Waals surface area contributed by atoms with Gasteiger partial charge in [-0.3, -0.25) is 9.59 Å². The molecule has 2 aromatic rings. The Morgan fingerprint density at radius 3 is 2.90 bits per heavy atom. The maximum absolute atomic E-state index is 13.4. The van der Waals surface area contributed by atoms with Gasteiger partial charge in [0.15, 0.2) is 5.72 Å². The normalized spacial score (nSPS) is 28.5. The van der Waals surface area contributed by atoms with E-state index in [1.54, 1.807) is 37.4 Å². The highest BCUT2D eigenvalue weighted by molar-refractivity contribution is 5.98. The molecule has 2 bridgehead atoms. The van der Waals surface area contributed by atoms with Crippen molar-refractivity contribution in [1.82, 2.24) is 10.6 Å². The van der Waals surface area contributed by atoms with Crippen LogP contribution in [0.5, 0.6) is 11.5 Å². The first kappa shape index (κ1) is 19.8. The number of carbonyl (C=O) groups is 2. The molecule has 2 amide bonds. The van der Waals surface area contributed by atoms with Crippen LogP contribution in [-0.2, 0) is 11.3 Å². The van der Waals surface area contributed by atoms with Crippen LogP contribution in [0, 0.1) is 23.6 Å². The number of fused-ring (bicyclic) bond motifs is 3. The van der Waals surface area contributed by atoms with E-state index in [1.165, 1.54) is 12.1 Å². The van der Waals surface area contributed by atoms with E-state index in [9.17, 15) is 14.0 Å². The third-order valence-corrected chi connectivity index (χ3v) is 6.96. The molecule has 2 N–H and O–H groups in total. The first-order valence-electron chi connectivity index (χ1n) is 10.7. The van der Waals surface area contributed by atoms with E-state index in [-0.39, 0.29) is 35.4 Å². The summed E-state index contributed by atoms with van der Waals surface area (Å²) in [6, 6.07) is 11.4. The van der Waals surface area contributed by atoms with Gasteiger partial charge in [0.1, 0.15) is 17.3 Å². The molecule has 3 aliphatic carbocycles. The van der Waals surface area contributed by atoms with E-state index in [0.717, 1.165) is 18.4 Å². The number of rotatable bonds is 4. The lowest BCUT2D eigenvalue weighted by Gasteiger charge is -2.55. The lowest BCUT2D eigenvalue weighted by molar-refractivity contribution is -0.146. The van der Waals surface area contributed by atoms with E-state index in [4.69, 9.17) is 9.47 Å². The molecule has 0 saturated heterocycles. The molecule has 4 atom stereocenters. The van der Waals surface area contributed by atoms with E-state index in [0.29, 0.717) is 36.4 Å². The van der Waals surface area contributed by atoms with Crippen molar-refractivity contribution in [1.29, 1.82) is 0 Å². The molecule has 1 spiro atoms.